The molecular weight excluding hydrogens is 334 g/mol. The number of carboxylic acids is 1. The van der Waals surface area contributed by atoms with Crippen molar-refractivity contribution in [3.63, 3.8) is 0 Å². The molecule has 1 heterocycles. The SMILES string of the molecule is CCOc1ccccc1/C=C1\C(=O)N(CC(=O)O)C(=O)c2ccccc21. The van der Waals surface area contributed by atoms with Crippen molar-refractivity contribution < 1.29 is 24.2 Å². The number of carboxylic acid groups (broad SMARTS) is 1. The van der Waals surface area contributed by atoms with Crippen LogP contribution >= 0.6 is 0 Å². The van der Waals surface area contributed by atoms with Crippen molar-refractivity contribution in [2.75, 3.05) is 13.2 Å². The number of carbonyl (C=O) groups excluding carboxylic acids is 2. The minimum atomic E-state index is -1.25. The van der Waals surface area contributed by atoms with Crippen LogP contribution in [0, 0.1) is 0 Å². The Kier molecular flexibility index (Phi) is 4.84. The Morgan fingerprint density at radius 1 is 1.04 bits per heavy atom. The van der Waals surface area contributed by atoms with E-state index in [-0.39, 0.29) is 5.57 Å². The molecular formula is C20H17NO5. The Bertz CT molecular complexity index is 916. The number of amides is 2. The normalized spacial score (nSPS) is 15.1. The lowest BCUT2D eigenvalue weighted by molar-refractivity contribution is -0.141. The number of hydrogen-bond acceptors (Lipinski definition) is 4. The third kappa shape index (κ3) is 3.21. The molecule has 0 saturated carbocycles. The fourth-order valence-electron chi connectivity index (χ4n) is 2.86. The first-order valence-electron chi connectivity index (χ1n) is 8.13. The minimum Gasteiger partial charge on any atom is -0.493 e. The predicted molar refractivity (Wildman–Crippen MR) is 95.6 cm³/mol. The van der Waals surface area contributed by atoms with Gasteiger partial charge < -0.3 is 9.84 Å². The van der Waals surface area contributed by atoms with Gasteiger partial charge in [0.05, 0.1) is 6.61 Å². The van der Waals surface area contributed by atoms with Crippen LogP contribution in [0.5, 0.6) is 5.75 Å². The summed E-state index contributed by atoms with van der Waals surface area (Å²) in [4.78, 5) is 37.2. The van der Waals surface area contributed by atoms with Crippen molar-refractivity contribution in [1.82, 2.24) is 4.90 Å². The highest BCUT2D eigenvalue weighted by Gasteiger charge is 2.35. The predicted octanol–water partition coefficient (Wildman–Crippen LogP) is 2.69. The van der Waals surface area contributed by atoms with Crippen molar-refractivity contribution >= 4 is 29.4 Å². The van der Waals surface area contributed by atoms with E-state index in [2.05, 4.69) is 0 Å². The number of hydrogen-bond donors (Lipinski definition) is 1. The quantitative estimate of drug-likeness (QED) is 0.661. The second-order valence-electron chi connectivity index (χ2n) is 5.66. The maximum absolute atomic E-state index is 12.8. The second kappa shape index (κ2) is 7.23. The summed E-state index contributed by atoms with van der Waals surface area (Å²) >= 11 is 0. The Hall–Kier alpha value is -3.41. The fourth-order valence-corrected chi connectivity index (χ4v) is 2.86. The van der Waals surface area contributed by atoms with Crippen LogP contribution in [-0.4, -0.2) is 40.9 Å². The highest BCUT2D eigenvalue weighted by Crippen LogP contribution is 2.32. The molecule has 0 atom stereocenters. The van der Waals surface area contributed by atoms with Crippen LogP contribution in [0.2, 0.25) is 0 Å². The van der Waals surface area contributed by atoms with Gasteiger partial charge in [-0.15, -0.1) is 0 Å². The van der Waals surface area contributed by atoms with Gasteiger partial charge in [-0.1, -0.05) is 36.4 Å². The van der Waals surface area contributed by atoms with E-state index < -0.39 is 24.3 Å². The van der Waals surface area contributed by atoms with Gasteiger partial charge in [-0.2, -0.15) is 0 Å². The van der Waals surface area contributed by atoms with E-state index in [1.807, 2.05) is 19.1 Å². The molecule has 1 N–H and O–H groups in total. The van der Waals surface area contributed by atoms with Crippen molar-refractivity contribution in [3.8, 4) is 5.75 Å². The fraction of sp³-hybridized carbons (Fsp3) is 0.150. The second-order valence-corrected chi connectivity index (χ2v) is 5.66. The van der Waals surface area contributed by atoms with Crippen molar-refractivity contribution in [1.29, 1.82) is 0 Å². The van der Waals surface area contributed by atoms with Gasteiger partial charge in [0.15, 0.2) is 0 Å². The zero-order valence-corrected chi connectivity index (χ0v) is 14.1. The molecule has 1 aliphatic rings. The van der Waals surface area contributed by atoms with Crippen LogP contribution in [0.3, 0.4) is 0 Å². The molecule has 26 heavy (non-hydrogen) atoms. The summed E-state index contributed by atoms with van der Waals surface area (Å²) in [6.45, 7) is 1.64. The van der Waals surface area contributed by atoms with Crippen molar-refractivity contribution in [3.05, 3.63) is 65.2 Å². The highest BCUT2D eigenvalue weighted by atomic mass is 16.5. The first kappa shape index (κ1) is 17.4. The van der Waals surface area contributed by atoms with E-state index in [4.69, 9.17) is 9.84 Å². The Labute approximate surface area is 150 Å². The van der Waals surface area contributed by atoms with Crippen LogP contribution in [0.15, 0.2) is 48.5 Å². The lowest BCUT2D eigenvalue weighted by Gasteiger charge is -2.27. The molecule has 2 aromatic rings. The average molecular weight is 351 g/mol. The number of aliphatic carboxylic acids is 1. The summed E-state index contributed by atoms with van der Waals surface area (Å²) in [6.07, 6.45) is 1.63. The summed E-state index contributed by atoms with van der Waals surface area (Å²) in [7, 11) is 0. The number of rotatable bonds is 5. The molecule has 0 radical (unpaired) electrons. The molecule has 0 fully saturated rings. The lowest BCUT2D eigenvalue weighted by atomic mass is 9.92. The summed E-state index contributed by atoms with van der Waals surface area (Å²) < 4.78 is 5.58. The van der Waals surface area contributed by atoms with E-state index in [1.165, 1.54) is 0 Å². The molecule has 132 valence electrons. The molecule has 0 spiro atoms. The van der Waals surface area contributed by atoms with Crippen molar-refractivity contribution in [2.24, 2.45) is 0 Å². The molecule has 0 aliphatic carbocycles. The molecule has 6 nitrogen and oxygen atoms in total. The van der Waals surface area contributed by atoms with Crippen molar-refractivity contribution in [2.45, 2.75) is 6.92 Å². The standard InChI is InChI=1S/C20H17NO5/c1-2-26-17-10-6-3-7-13(17)11-16-14-8-4-5-9-15(14)19(24)21(20(16)25)12-18(22)23/h3-11H,2,12H2,1H3,(H,22,23)/b16-11-. The summed E-state index contributed by atoms with van der Waals surface area (Å²) in [5.74, 6) is -1.89. The number of fused-ring (bicyclic) bond motifs is 1. The van der Waals surface area contributed by atoms with E-state index in [0.29, 0.717) is 29.0 Å². The van der Waals surface area contributed by atoms with Crippen LogP contribution < -0.4 is 4.74 Å². The Morgan fingerprint density at radius 3 is 2.38 bits per heavy atom. The number of imide groups is 1. The summed E-state index contributed by atoms with van der Waals surface area (Å²) in [6, 6.07) is 13.9. The maximum atomic E-state index is 12.8. The molecule has 0 saturated heterocycles. The zero-order chi connectivity index (χ0) is 18.7. The Morgan fingerprint density at radius 2 is 1.69 bits per heavy atom. The van der Waals surface area contributed by atoms with Crippen LogP contribution in [0.1, 0.15) is 28.4 Å². The first-order chi connectivity index (χ1) is 12.5. The maximum Gasteiger partial charge on any atom is 0.323 e. The molecule has 6 heteroatoms. The molecule has 1 aliphatic heterocycles. The van der Waals surface area contributed by atoms with E-state index in [1.54, 1.807) is 42.5 Å². The molecule has 3 rings (SSSR count). The zero-order valence-electron chi connectivity index (χ0n) is 14.1. The van der Waals surface area contributed by atoms with Gasteiger partial charge >= 0.3 is 5.97 Å². The minimum absolute atomic E-state index is 0.258. The third-order valence-corrected chi connectivity index (χ3v) is 3.98. The Balaban J connectivity index is 2.16. The largest absolute Gasteiger partial charge is 0.493 e. The molecule has 2 amide bonds. The number of carbonyl (C=O) groups is 3. The van der Waals surface area contributed by atoms with Gasteiger partial charge in [-0.3, -0.25) is 19.3 Å². The molecule has 0 unspecified atom stereocenters. The topological polar surface area (TPSA) is 83.9 Å². The van der Waals surface area contributed by atoms with Gasteiger partial charge in [-0.05, 0) is 30.7 Å². The summed E-state index contributed by atoms with van der Waals surface area (Å²) in [5, 5.41) is 9.05. The third-order valence-electron chi connectivity index (χ3n) is 3.98. The summed E-state index contributed by atoms with van der Waals surface area (Å²) in [5.41, 5.74) is 1.72. The number of ether oxygens (including phenoxy) is 1. The van der Waals surface area contributed by atoms with Gasteiger partial charge in [0.2, 0.25) is 0 Å². The van der Waals surface area contributed by atoms with Crippen LogP contribution in [0.25, 0.3) is 11.6 Å². The molecule has 0 bridgehead atoms. The van der Waals surface area contributed by atoms with Crippen LogP contribution in [-0.2, 0) is 9.59 Å². The van der Waals surface area contributed by atoms with E-state index >= 15 is 0 Å². The van der Waals surface area contributed by atoms with E-state index in [0.717, 1.165) is 4.90 Å². The molecule has 2 aromatic carbocycles. The van der Waals surface area contributed by atoms with E-state index in [9.17, 15) is 14.4 Å². The number of para-hydroxylation sites is 1. The number of benzene rings is 2. The smallest absolute Gasteiger partial charge is 0.323 e. The van der Waals surface area contributed by atoms with Gasteiger partial charge in [0.1, 0.15) is 12.3 Å². The molecule has 0 aromatic heterocycles. The van der Waals surface area contributed by atoms with Gasteiger partial charge in [0.25, 0.3) is 11.8 Å². The van der Waals surface area contributed by atoms with Gasteiger partial charge in [-0.25, -0.2) is 0 Å². The monoisotopic (exact) mass is 351 g/mol. The number of nitrogens with zero attached hydrogens (tertiary/aromatic N) is 1. The lowest BCUT2D eigenvalue weighted by Crippen LogP contribution is -2.44. The van der Waals surface area contributed by atoms with Crippen LogP contribution in [0.4, 0.5) is 0 Å². The highest BCUT2D eigenvalue weighted by molar-refractivity contribution is 6.34. The van der Waals surface area contributed by atoms with Gasteiger partial charge in [0, 0.05) is 16.7 Å². The average Bonchev–Trinajstić information content (AvgIpc) is 2.63. The first-order valence-corrected chi connectivity index (χ1v) is 8.13.